The van der Waals surface area contributed by atoms with Crippen LogP contribution in [0.4, 0.5) is 13.2 Å². The van der Waals surface area contributed by atoms with Gasteiger partial charge in [-0.2, -0.15) is 0 Å². The van der Waals surface area contributed by atoms with Crippen molar-refractivity contribution in [3.8, 4) is 0 Å². The first-order valence-corrected chi connectivity index (χ1v) is 4.64. The standard InChI is InChI=1S/C10H10F3NO/c11-7-2-1-6(9(12)10(7)13)8-5-15-4-3-14-8/h1-2,8,14H,3-5H2/t8-/m1/s1. The molecule has 0 saturated carbocycles. The van der Waals surface area contributed by atoms with E-state index in [4.69, 9.17) is 4.74 Å². The van der Waals surface area contributed by atoms with Crippen molar-refractivity contribution < 1.29 is 17.9 Å². The van der Waals surface area contributed by atoms with Gasteiger partial charge in [0.1, 0.15) is 0 Å². The topological polar surface area (TPSA) is 21.3 Å². The smallest absolute Gasteiger partial charge is 0.194 e. The summed E-state index contributed by atoms with van der Waals surface area (Å²) in [7, 11) is 0. The molecule has 0 radical (unpaired) electrons. The Kier molecular flexibility index (Phi) is 2.93. The van der Waals surface area contributed by atoms with Crippen molar-refractivity contribution in [2.24, 2.45) is 0 Å². The fourth-order valence-corrected chi connectivity index (χ4v) is 1.58. The molecule has 0 unspecified atom stereocenters. The van der Waals surface area contributed by atoms with Crippen molar-refractivity contribution in [1.29, 1.82) is 0 Å². The third kappa shape index (κ3) is 1.98. The van der Waals surface area contributed by atoms with Gasteiger partial charge in [-0.15, -0.1) is 0 Å². The second-order valence-electron chi connectivity index (χ2n) is 3.35. The molecular weight excluding hydrogens is 207 g/mol. The van der Waals surface area contributed by atoms with Crippen molar-refractivity contribution in [3.63, 3.8) is 0 Å². The van der Waals surface area contributed by atoms with Crippen LogP contribution < -0.4 is 5.32 Å². The minimum Gasteiger partial charge on any atom is -0.378 e. The van der Waals surface area contributed by atoms with E-state index in [1.807, 2.05) is 0 Å². The van der Waals surface area contributed by atoms with Crippen molar-refractivity contribution in [1.82, 2.24) is 5.32 Å². The Morgan fingerprint density at radius 2 is 2.00 bits per heavy atom. The van der Waals surface area contributed by atoms with E-state index in [2.05, 4.69) is 5.32 Å². The highest BCUT2D eigenvalue weighted by molar-refractivity contribution is 5.24. The monoisotopic (exact) mass is 217 g/mol. The van der Waals surface area contributed by atoms with E-state index in [0.29, 0.717) is 13.2 Å². The molecule has 1 fully saturated rings. The lowest BCUT2D eigenvalue weighted by atomic mass is 10.1. The SMILES string of the molecule is Fc1ccc([C@H]2COCCN2)c(F)c1F. The molecule has 1 aromatic rings. The van der Waals surface area contributed by atoms with E-state index >= 15 is 0 Å². The van der Waals surface area contributed by atoms with E-state index < -0.39 is 23.5 Å². The zero-order valence-electron chi connectivity index (χ0n) is 7.90. The summed E-state index contributed by atoms with van der Waals surface area (Å²) in [6.07, 6.45) is 0. The molecule has 0 amide bonds. The Morgan fingerprint density at radius 3 is 2.67 bits per heavy atom. The summed E-state index contributed by atoms with van der Waals surface area (Å²) in [5.74, 6) is -3.74. The number of rotatable bonds is 1. The summed E-state index contributed by atoms with van der Waals surface area (Å²) in [6, 6.07) is 1.75. The van der Waals surface area contributed by atoms with Crippen LogP contribution in [0.25, 0.3) is 0 Å². The lowest BCUT2D eigenvalue weighted by Gasteiger charge is -2.24. The minimum absolute atomic E-state index is 0.105. The van der Waals surface area contributed by atoms with Crippen molar-refractivity contribution >= 4 is 0 Å². The highest BCUT2D eigenvalue weighted by atomic mass is 19.2. The maximum atomic E-state index is 13.3. The molecule has 5 heteroatoms. The average molecular weight is 217 g/mol. The number of nitrogens with one attached hydrogen (secondary N) is 1. The summed E-state index contributed by atoms with van der Waals surface area (Å²) in [4.78, 5) is 0. The molecule has 15 heavy (non-hydrogen) atoms. The molecule has 0 bridgehead atoms. The van der Waals surface area contributed by atoms with Gasteiger partial charge in [0.25, 0.3) is 0 Å². The Balaban J connectivity index is 2.31. The Bertz CT molecular complexity index is 364. The highest BCUT2D eigenvalue weighted by Crippen LogP contribution is 2.22. The molecule has 0 aromatic heterocycles. The number of halogens is 3. The van der Waals surface area contributed by atoms with Crippen molar-refractivity contribution in [3.05, 3.63) is 35.1 Å². The predicted octanol–water partition coefficient (Wildman–Crippen LogP) is 1.76. The second kappa shape index (κ2) is 4.20. The van der Waals surface area contributed by atoms with E-state index in [1.54, 1.807) is 0 Å². The first kappa shape index (κ1) is 10.4. The van der Waals surface area contributed by atoms with E-state index in [-0.39, 0.29) is 12.2 Å². The molecular formula is C10H10F3NO. The first-order chi connectivity index (χ1) is 7.20. The van der Waals surface area contributed by atoms with Gasteiger partial charge >= 0.3 is 0 Å². The number of morpholine rings is 1. The Morgan fingerprint density at radius 1 is 1.20 bits per heavy atom. The number of hydrogen-bond donors (Lipinski definition) is 1. The van der Waals surface area contributed by atoms with Crippen molar-refractivity contribution in [2.75, 3.05) is 19.8 Å². The van der Waals surface area contributed by atoms with Crippen LogP contribution in [-0.2, 0) is 4.74 Å². The fourth-order valence-electron chi connectivity index (χ4n) is 1.58. The molecule has 1 saturated heterocycles. The molecule has 1 heterocycles. The zero-order valence-corrected chi connectivity index (χ0v) is 7.90. The van der Waals surface area contributed by atoms with Crippen LogP contribution in [-0.4, -0.2) is 19.8 Å². The van der Waals surface area contributed by atoms with Gasteiger partial charge in [-0.25, -0.2) is 13.2 Å². The molecule has 1 N–H and O–H groups in total. The van der Waals surface area contributed by atoms with Crippen molar-refractivity contribution in [2.45, 2.75) is 6.04 Å². The van der Waals surface area contributed by atoms with Gasteiger partial charge in [0.15, 0.2) is 17.5 Å². The van der Waals surface area contributed by atoms with Gasteiger partial charge in [0.2, 0.25) is 0 Å². The Labute approximate surface area is 85.0 Å². The van der Waals surface area contributed by atoms with E-state index in [1.165, 1.54) is 6.07 Å². The predicted molar refractivity (Wildman–Crippen MR) is 47.9 cm³/mol. The molecule has 2 rings (SSSR count). The van der Waals surface area contributed by atoms with Gasteiger partial charge in [-0.3, -0.25) is 0 Å². The summed E-state index contributed by atoms with van der Waals surface area (Å²) in [5, 5.41) is 2.97. The third-order valence-corrected chi connectivity index (χ3v) is 2.36. The fraction of sp³-hybridized carbons (Fsp3) is 0.400. The van der Waals surface area contributed by atoms with Gasteiger partial charge in [-0.05, 0) is 6.07 Å². The van der Waals surface area contributed by atoms with E-state index in [0.717, 1.165) is 6.07 Å². The van der Waals surface area contributed by atoms with Gasteiger partial charge in [0.05, 0.1) is 19.3 Å². The maximum absolute atomic E-state index is 13.3. The summed E-state index contributed by atoms with van der Waals surface area (Å²) >= 11 is 0. The van der Waals surface area contributed by atoms with Crippen LogP contribution in [0.15, 0.2) is 12.1 Å². The molecule has 1 aliphatic heterocycles. The third-order valence-electron chi connectivity index (χ3n) is 2.36. The van der Waals surface area contributed by atoms with E-state index in [9.17, 15) is 13.2 Å². The van der Waals surface area contributed by atoms with Crippen LogP contribution in [0, 0.1) is 17.5 Å². The summed E-state index contributed by atoms with van der Waals surface area (Å²) < 4.78 is 44.0. The molecule has 1 aliphatic rings. The molecule has 1 atom stereocenters. The minimum atomic E-state index is -1.43. The molecule has 0 spiro atoms. The van der Waals surface area contributed by atoms with Crippen LogP contribution in [0.2, 0.25) is 0 Å². The quantitative estimate of drug-likeness (QED) is 0.724. The zero-order chi connectivity index (χ0) is 10.8. The van der Waals surface area contributed by atoms with Crippen LogP contribution in [0.1, 0.15) is 11.6 Å². The lowest BCUT2D eigenvalue weighted by Crippen LogP contribution is -2.35. The molecule has 1 aromatic carbocycles. The lowest BCUT2D eigenvalue weighted by molar-refractivity contribution is 0.0754. The van der Waals surface area contributed by atoms with Crippen LogP contribution in [0.3, 0.4) is 0 Å². The summed E-state index contributed by atoms with van der Waals surface area (Å²) in [5.41, 5.74) is 0.105. The van der Waals surface area contributed by atoms with Crippen LogP contribution in [0.5, 0.6) is 0 Å². The molecule has 2 nitrogen and oxygen atoms in total. The number of ether oxygens (including phenoxy) is 1. The largest absolute Gasteiger partial charge is 0.378 e. The molecule has 82 valence electrons. The second-order valence-corrected chi connectivity index (χ2v) is 3.35. The van der Waals surface area contributed by atoms with Gasteiger partial charge in [-0.1, -0.05) is 6.07 Å². The summed E-state index contributed by atoms with van der Waals surface area (Å²) in [6.45, 7) is 1.38. The highest BCUT2D eigenvalue weighted by Gasteiger charge is 2.22. The number of hydrogen-bond acceptors (Lipinski definition) is 2. The first-order valence-electron chi connectivity index (χ1n) is 4.64. The van der Waals surface area contributed by atoms with Gasteiger partial charge in [0, 0.05) is 12.1 Å². The normalized spacial score (nSPS) is 21.7. The Hall–Kier alpha value is -1.07. The maximum Gasteiger partial charge on any atom is 0.194 e. The average Bonchev–Trinajstić information content (AvgIpc) is 2.27. The number of benzene rings is 1. The molecule has 0 aliphatic carbocycles. The van der Waals surface area contributed by atoms with Crippen LogP contribution >= 0.6 is 0 Å². The van der Waals surface area contributed by atoms with Gasteiger partial charge < -0.3 is 10.1 Å².